The third-order valence-electron chi connectivity index (χ3n) is 1.85. The van der Waals surface area contributed by atoms with E-state index >= 15 is 0 Å². The highest BCUT2D eigenvalue weighted by Crippen LogP contribution is 2.38. The van der Waals surface area contributed by atoms with Crippen molar-refractivity contribution >= 4 is 56.2 Å². The maximum absolute atomic E-state index is 10.9. The number of rotatable bonds is 3. The van der Waals surface area contributed by atoms with Crippen LogP contribution < -0.4 is 4.74 Å². The number of ether oxygens (including phenoxy) is 1. The van der Waals surface area contributed by atoms with E-state index in [1.54, 1.807) is 5.38 Å². The number of hydrogen-bond donors (Lipinski definition) is 0. The maximum Gasteiger partial charge on any atom is 0.313 e. The predicted molar refractivity (Wildman–Crippen MR) is 73.0 cm³/mol. The van der Waals surface area contributed by atoms with Crippen LogP contribution in [0.5, 0.6) is 10.9 Å². The molecular formula is C9H3BrCl2N2O3S. The summed E-state index contributed by atoms with van der Waals surface area (Å²) in [5.41, 5.74) is -0.268. The number of aromatic nitrogens is 1. The fourth-order valence-electron chi connectivity index (χ4n) is 1.12. The number of benzene rings is 1. The molecule has 5 nitrogen and oxygen atoms in total. The van der Waals surface area contributed by atoms with E-state index in [2.05, 4.69) is 20.9 Å². The van der Waals surface area contributed by atoms with Crippen molar-refractivity contribution in [2.75, 3.05) is 0 Å². The summed E-state index contributed by atoms with van der Waals surface area (Å²) in [6.45, 7) is 0. The maximum atomic E-state index is 10.9. The van der Waals surface area contributed by atoms with Gasteiger partial charge in [0.1, 0.15) is 4.60 Å². The van der Waals surface area contributed by atoms with Crippen LogP contribution in [0.25, 0.3) is 0 Å². The normalized spacial score (nSPS) is 10.4. The lowest BCUT2D eigenvalue weighted by Gasteiger charge is -2.04. The van der Waals surface area contributed by atoms with Crippen LogP contribution in [-0.2, 0) is 0 Å². The Labute approximate surface area is 124 Å². The van der Waals surface area contributed by atoms with E-state index in [-0.39, 0.29) is 26.7 Å². The lowest BCUT2D eigenvalue weighted by molar-refractivity contribution is -0.385. The van der Waals surface area contributed by atoms with Crippen LogP contribution in [0.2, 0.25) is 10.0 Å². The van der Waals surface area contributed by atoms with Crippen LogP contribution in [0.4, 0.5) is 5.69 Å². The summed E-state index contributed by atoms with van der Waals surface area (Å²) >= 11 is 15.9. The van der Waals surface area contributed by atoms with Gasteiger partial charge in [-0.15, -0.1) is 0 Å². The molecule has 0 fully saturated rings. The Balaban J connectivity index is 2.42. The molecule has 0 spiro atoms. The quantitative estimate of drug-likeness (QED) is 0.569. The fraction of sp³-hybridized carbons (Fsp3) is 0. The van der Waals surface area contributed by atoms with Gasteiger partial charge in [0.15, 0.2) is 0 Å². The fourth-order valence-corrected chi connectivity index (χ4v) is 2.53. The minimum atomic E-state index is -0.597. The topological polar surface area (TPSA) is 65.3 Å². The molecule has 0 aliphatic heterocycles. The summed E-state index contributed by atoms with van der Waals surface area (Å²) in [5, 5.41) is 13.1. The first kappa shape index (κ1) is 13.5. The minimum absolute atomic E-state index is 0.00347. The van der Waals surface area contributed by atoms with Gasteiger partial charge in [0.2, 0.25) is 5.75 Å². The summed E-state index contributed by atoms with van der Waals surface area (Å²) < 4.78 is 5.91. The molecule has 0 bridgehead atoms. The van der Waals surface area contributed by atoms with Crippen molar-refractivity contribution in [2.24, 2.45) is 0 Å². The Morgan fingerprint density at radius 2 is 2.06 bits per heavy atom. The number of nitro benzene ring substituents is 1. The molecule has 1 aromatic heterocycles. The monoisotopic (exact) mass is 368 g/mol. The third kappa shape index (κ3) is 2.92. The highest BCUT2D eigenvalue weighted by atomic mass is 79.9. The zero-order valence-corrected chi connectivity index (χ0v) is 12.3. The molecule has 94 valence electrons. The number of thiazole rings is 1. The number of halogens is 3. The smallest absolute Gasteiger partial charge is 0.313 e. The van der Waals surface area contributed by atoms with Crippen molar-refractivity contribution in [3.05, 3.63) is 42.3 Å². The van der Waals surface area contributed by atoms with Gasteiger partial charge in [0.25, 0.3) is 5.19 Å². The Hall–Kier alpha value is -0.890. The Kier molecular flexibility index (Phi) is 4.06. The van der Waals surface area contributed by atoms with Crippen molar-refractivity contribution in [1.29, 1.82) is 0 Å². The molecule has 2 rings (SSSR count). The summed E-state index contributed by atoms with van der Waals surface area (Å²) in [5.74, 6) is -0.00347. The van der Waals surface area contributed by atoms with Gasteiger partial charge in [-0.25, -0.2) is 0 Å². The first-order chi connectivity index (χ1) is 8.47. The van der Waals surface area contributed by atoms with Crippen molar-refractivity contribution < 1.29 is 9.66 Å². The first-order valence-corrected chi connectivity index (χ1v) is 6.82. The standard InChI is InChI=1S/C9H3BrCl2N2O3S/c10-8-3-18-9(13-8)17-7-2-5(12)4(11)1-6(7)14(15)16/h1-3H. The summed E-state index contributed by atoms with van der Waals surface area (Å²) in [4.78, 5) is 14.3. The van der Waals surface area contributed by atoms with Crippen LogP contribution in [0.3, 0.4) is 0 Å². The lowest BCUT2D eigenvalue weighted by atomic mass is 10.3. The van der Waals surface area contributed by atoms with E-state index in [4.69, 9.17) is 27.9 Å². The number of nitro groups is 1. The highest BCUT2D eigenvalue weighted by Gasteiger charge is 2.20. The van der Waals surface area contributed by atoms with Gasteiger partial charge in [0.05, 0.1) is 15.0 Å². The second kappa shape index (κ2) is 5.40. The van der Waals surface area contributed by atoms with E-state index < -0.39 is 4.92 Å². The van der Waals surface area contributed by atoms with E-state index in [1.165, 1.54) is 17.4 Å². The van der Waals surface area contributed by atoms with Crippen molar-refractivity contribution in [2.45, 2.75) is 0 Å². The second-order valence-electron chi connectivity index (χ2n) is 3.03. The Bertz CT molecular complexity index is 620. The van der Waals surface area contributed by atoms with Crippen LogP contribution in [0.1, 0.15) is 0 Å². The molecule has 1 heterocycles. The van der Waals surface area contributed by atoms with Gasteiger partial charge < -0.3 is 4.74 Å². The molecule has 0 aliphatic rings. The molecule has 0 saturated carbocycles. The molecular weight excluding hydrogens is 367 g/mol. The van der Waals surface area contributed by atoms with Gasteiger partial charge in [-0.3, -0.25) is 10.1 Å². The van der Waals surface area contributed by atoms with Gasteiger partial charge in [0, 0.05) is 17.5 Å². The van der Waals surface area contributed by atoms with Gasteiger partial charge in [-0.2, -0.15) is 4.98 Å². The van der Waals surface area contributed by atoms with Crippen LogP contribution in [-0.4, -0.2) is 9.91 Å². The van der Waals surface area contributed by atoms with Gasteiger partial charge in [-0.05, 0) is 15.9 Å². The zero-order valence-electron chi connectivity index (χ0n) is 8.39. The van der Waals surface area contributed by atoms with Gasteiger partial charge in [-0.1, -0.05) is 34.5 Å². The van der Waals surface area contributed by atoms with Crippen LogP contribution >= 0.6 is 50.5 Å². The zero-order chi connectivity index (χ0) is 13.3. The summed E-state index contributed by atoms with van der Waals surface area (Å²) in [6.07, 6.45) is 0. The second-order valence-corrected chi connectivity index (χ2v) is 5.48. The molecule has 0 radical (unpaired) electrons. The van der Waals surface area contributed by atoms with Crippen LogP contribution in [0, 0.1) is 10.1 Å². The molecule has 9 heteroatoms. The molecule has 0 N–H and O–H groups in total. The average molecular weight is 370 g/mol. The number of nitrogens with zero attached hydrogens (tertiary/aromatic N) is 2. The Morgan fingerprint density at radius 3 is 2.61 bits per heavy atom. The predicted octanol–water partition coefficient (Wildman–Crippen LogP) is 4.91. The first-order valence-electron chi connectivity index (χ1n) is 4.39. The molecule has 0 aliphatic carbocycles. The van der Waals surface area contributed by atoms with E-state index in [0.29, 0.717) is 4.60 Å². The molecule has 18 heavy (non-hydrogen) atoms. The highest BCUT2D eigenvalue weighted by molar-refractivity contribution is 9.10. The van der Waals surface area contributed by atoms with E-state index in [1.807, 2.05) is 0 Å². The van der Waals surface area contributed by atoms with Crippen LogP contribution in [0.15, 0.2) is 22.1 Å². The van der Waals surface area contributed by atoms with Gasteiger partial charge >= 0.3 is 5.69 Å². The molecule has 0 unspecified atom stereocenters. The SMILES string of the molecule is O=[N+]([O-])c1cc(Cl)c(Cl)cc1Oc1nc(Br)cs1. The molecule has 2 aromatic rings. The van der Waals surface area contributed by atoms with E-state index in [0.717, 1.165) is 6.07 Å². The Morgan fingerprint density at radius 1 is 1.39 bits per heavy atom. The summed E-state index contributed by atoms with van der Waals surface area (Å²) in [7, 11) is 0. The average Bonchev–Trinajstić information content (AvgIpc) is 2.68. The van der Waals surface area contributed by atoms with Crippen molar-refractivity contribution in [3.63, 3.8) is 0 Å². The lowest BCUT2D eigenvalue weighted by Crippen LogP contribution is -1.93. The van der Waals surface area contributed by atoms with E-state index in [9.17, 15) is 10.1 Å². The largest absolute Gasteiger partial charge is 0.423 e. The third-order valence-corrected chi connectivity index (χ3v) is 4.00. The summed E-state index contributed by atoms with van der Waals surface area (Å²) in [6, 6.07) is 2.43. The number of hydrogen-bond acceptors (Lipinski definition) is 5. The molecule has 0 amide bonds. The molecule has 1 aromatic carbocycles. The minimum Gasteiger partial charge on any atom is -0.423 e. The van der Waals surface area contributed by atoms with Crippen molar-refractivity contribution in [3.8, 4) is 10.9 Å². The molecule has 0 saturated heterocycles. The molecule has 0 atom stereocenters. The van der Waals surface area contributed by atoms with Crippen molar-refractivity contribution in [1.82, 2.24) is 4.98 Å².